The van der Waals surface area contributed by atoms with Crippen molar-refractivity contribution in [2.75, 3.05) is 5.32 Å². The summed E-state index contributed by atoms with van der Waals surface area (Å²) in [5, 5.41) is 3.15. The molecule has 0 saturated carbocycles. The average molecular weight is 442 g/mol. The zero-order valence-corrected chi connectivity index (χ0v) is 19.0. The first-order chi connectivity index (χ1) is 14.8. The number of hydrogen-bond acceptors (Lipinski definition) is 6. The van der Waals surface area contributed by atoms with Crippen LogP contribution < -0.4 is 10.9 Å². The number of benzene rings is 1. The van der Waals surface area contributed by atoms with E-state index in [9.17, 15) is 14.4 Å². The molecule has 164 valence electrons. The molecule has 0 aliphatic carbocycles. The lowest BCUT2D eigenvalue weighted by molar-refractivity contribution is -0.116. The fourth-order valence-electron chi connectivity index (χ4n) is 3.22. The smallest absolute Gasteiger partial charge is 0.348 e. The van der Waals surface area contributed by atoms with E-state index in [0.29, 0.717) is 26.3 Å². The first kappa shape index (κ1) is 22.7. The van der Waals surface area contributed by atoms with Gasteiger partial charge in [-0.3, -0.25) is 14.2 Å². The molecular weight excluding hydrogens is 414 g/mol. The maximum atomic E-state index is 12.9. The molecule has 31 heavy (non-hydrogen) atoms. The molecule has 7 nitrogen and oxygen atoms in total. The summed E-state index contributed by atoms with van der Waals surface area (Å²) in [6, 6.07) is 7.72. The Kier molecular flexibility index (Phi) is 7.22. The lowest BCUT2D eigenvalue weighted by Crippen LogP contribution is -2.27. The maximum Gasteiger partial charge on any atom is 0.348 e. The van der Waals surface area contributed by atoms with Crippen LogP contribution in [0, 0.1) is 6.92 Å². The first-order valence-electron chi connectivity index (χ1n) is 10.4. The highest BCUT2D eigenvalue weighted by molar-refractivity contribution is 7.20. The van der Waals surface area contributed by atoms with E-state index < -0.39 is 5.97 Å². The summed E-state index contributed by atoms with van der Waals surface area (Å²) in [7, 11) is 0. The number of carbonyl (C=O) groups excluding carboxylic acids is 2. The maximum absolute atomic E-state index is 12.9. The highest BCUT2D eigenvalue weighted by atomic mass is 32.1. The van der Waals surface area contributed by atoms with Gasteiger partial charge in [0.25, 0.3) is 5.56 Å². The molecule has 0 radical (unpaired) electrons. The van der Waals surface area contributed by atoms with Gasteiger partial charge in [-0.25, -0.2) is 9.78 Å². The van der Waals surface area contributed by atoms with Gasteiger partial charge in [0.2, 0.25) is 5.91 Å². The van der Waals surface area contributed by atoms with E-state index in [1.807, 2.05) is 24.3 Å². The number of thiophene rings is 1. The topological polar surface area (TPSA) is 90.3 Å². The minimum absolute atomic E-state index is 0.166. The SMILES string of the molecule is CCCCc1ccc(NC(=O)Cn2cnc3sc(C(=O)OC(C)C)c(C)c3c2=O)cc1. The van der Waals surface area contributed by atoms with Gasteiger partial charge in [-0.05, 0) is 56.9 Å². The minimum Gasteiger partial charge on any atom is -0.459 e. The molecule has 2 aromatic heterocycles. The van der Waals surface area contributed by atoms with Crippen molar-refractivity contribution in [2.24, 2.45) is 0 Å². The van der Waals surface area contributed by atoms with Gasteiger partial charge in [0, 0.05) is 5.69 Å². The lowest BCUT2D eigenvalue weighted by atomic mass is 10.1. The fraction of sp³-hybridized carbons (Fsp3) is 0.391. The van der Waals surface area contributed by atoms with Crippen LogP contribution in [0.4, 0.5) is 5.69 Å². The van der Waals surface area contributed by atoms with Gasteiger partial charge in [-0.1, -0.05) is 25.5 Å². The van der Waals surface area contributed by atoms with Gasteiger partial charge in [0.05, 0.1) is 17.8 Å². The average Bonchev–Trinajstić information content (AvgIpc) is 3.06. The second-order valence-corrected chi connectivity index (χ2v) is 8.72. The zero-order chi connectivity index (χ0) is 22.5. The Hall–Kier alpha value is -3.00. The summed E-state index contributed by atoms with van der Waals surface area (Å²) in [5.41, 5.74) is 2.08. The monoisotopic (exact) mass is 441 g/mol. The van der Waals surface area contributed by atoms with Crippen molar-refractivity contribution in [2.45, 2.75) is 59.6 Å². The Morgan fingerprint density at radius 2 is 1.94 bits per heavy atom. The standard InChI is InChI=1S/C23H27N3O4S/c1-5-6-7-16-8-10-17(11-9-16)25-18(27)12-26-13-24-21-19(22(26)28)15(4)20(31-21)23(29)30-14(2)3/h8-11,13-14H,5-7,12H2,1-4H3,(H,25,27). The van der Waals surface area contributed by atoms with Crippen LogP contribution in [0.25, 0.3) is 10.2 Å². The van der Waals surface area contributed by atoms with Crippen LogP contribution >= 0.6 is 11.3 Å². The molecule has 2 heterocycles. The first-order valence-corrected chi connectivity index (χ1v) is 11.2. The Balaban J connectivity index is 1.76. The molecule has 0 bridgehead atoms. The predicted octanol–water partition coefficient (Wildman–Crippen LogP) is 4.31. The zero-order valence-electron chi connectivity index (χ0n) is 18.2. The molecule has 8 heteroatoms. The van der Waals surface area contributed by atoms with E-state index >= 15 is 0 Å². The van der Waals surface area contributed by atoms with Crippen LogP contribution in [-0.2, 0) is 22.5 Å². The molecule has 3 rings (SSSR count). The molecule has 1 N–H and O–H groups in total. The van der Waals surface area contributed by atoms with Crippen LogP contribution in [0.2, 0.25) is 0 Å². The number of unbranched alkanes of at least 4 members (excludes halogenated alkanes) is 1. The number of nitrogens with zero attached hydrogens (tertiary/aromatic N) is 2. The van der Waals surface area contributed by atoms with Gasteiger partial charge in [-0.2, -0.15) is 0 Å². The molecule has 0 atom stereocenters. The summed E-state index contributed by atoms with van der Waals surface area (Å²) < 4.78 is 6.50. The van der Waals surface area contributed by atoms with Crippen LogP contribution in [0.5, 0.6) is 0 Å². The predicted molar refractivity (Wildman–Crippen MR) is 123 cm³/mol. The van der Waals surface area contributed by atoms with Crippen molar-refractivity contribution >= 4 is 39.1 Å². The molecule has 0 aliphatic rings. The number of aromatic nitrogens is 2. The normalized spacial score (nSPS) is 11.1. The summed E-state index contributed by atoms with van der Waals surface area (Å²) >= 11 is 1.13. The quantitative estimate of drug-likeness (QED) is 0.526. The van der Waals surface area contributed by atoms with Crippen molar-refractivity contribution < 1.29 is 14.3 Å². The number of amides is 1. The number of rotatable bonds is 8. The van der Waals surface area contributed by atoms with E-state index in [1.165, 1.54) is 16.5 Å². The molecule has 0 spiro atoms. The highest BCUT2D eigenvalue weighted by Gasteiger charge is 2.21. The third kappa shape index (κ3) is 5.38. The number of esters is 1. The summed E-state index contributed by atoms with van der Waals surface area (Å²) in [4.78, 5) is 42.8. The van der Waals surface area contributed by atoms with Crippen molar-refractivity contribution in [1.29, 1.82) is 0 Å². The number of aryl methyl sites for hydroxylation is 2. The van der Waals surface area contributed by atoms with Crippen molar-refractivity contribution in [3.8, 4) is 0 Å². The van der Waals surface area contributed by atoms with Crippen LogP contribution in [-0.4, -0.2) is 27.5 Å². The number of carbonyl (C=O) groups is 2. The van der Waals surface area contributed by atoms with E-state index in [4.69, 9.17) is 4.74 Å². The molecule has 0 aliphatic heterocycles. The number of nitrogens with one attached hydrogen (secondary N) is 1. The van der Waals surface area contributed by atoms with Crippen molar-refractivity contribution in [3.63, 3.8) is 0 Å². The molecule has 0 saturated heterocycles. The number of anilines is 1. The van der Waals surface area contributed by atoms with Crippen molar-refractivity contribution in [1.82, 2.24) is 9.55 Å². The van der Waals surface area contributed by atoms with E-state index in [2.05, 4.69) is 17.2 Å². The molecule has 0 fully saturated rings. The minimum atomic E-state index is -0.471. The van der Waals surface area contributed by atoms with Gasteiger partial charge in [0.1, 0.15) is 16.3 Å². The fourth-order valence-corrected chi connectivity index (χ4v) is 4.25. The Morgan fingerprint density at radius 3 is 2.58 bits per heavy atom. The molecule has 1 aromatic carbocycles. The third-order valence-electron chi connectivity index (χ3n) is 4.82. The van der Waals surface area contributed by atoms with Crippen LogP contribution in [0.1, 0.15) is 54.4 Å². The Bertz CT molecular complexity index is 1150. The van der Waals surface area contributed by atoms with Gasteiger partial charge in [0.15, 0.2) is 0 Å². The summed E-state index contributed by atoms with van der Waals surface area (Å²) in [6.07, 6.45) is 4.36. The van der Waals surface area contributed by atoms with E-state index in [0.717, 1.165) is 30.6 Å². The Labute approximate surface area is 185 Å². The van der Waals surface area contributed by atoms with Crippen LogP contribution in [0.3, 0.4) is 0 Å². The Morgan fingerprint density at radius 1 is 1.23 bits per heavy atom. The lowest BCUT2D eigenvalue weighted by Gasteiger charge is -2.08. The molecule has 1 amide bonds. The summed E-state index contributed by atoms with van der Waals surface area (Å²) in [6.45, 7) is 7.22. The van der Waals surface area contributed by atoms with E-state index in [-0.39, 0.29) is 24.1 Å². The number of ether oxygens (including phenoxy) is 1. The van der Waals surface area contributed by atoms with Gasteiger partial charge < -0.3 is 10.1 Å². The molecule has 3 aromatic rings. The summed E-state index contributed by atoms with van der Waals surface area (Å²) in [5.74, 6) is -0.793. The van der Waals surface area contributed by atoms with Gasteiger partial charge in [-0.15, -0.1) is 11.3 Å². The molecule has 0 unspecified atom stereocenters. The van der Waals surface area contributed by atoms with Crippen LogP contribution in [0.15, 0.2) is 35.4 Å². The second-order valence-electron chi connectivity index (χ2n) is 7.72. The molecular formula is C23H27N3O4S. The highest BCUT2D eigenvalue weighted by Crippen LogP contribution is 2.27. The van der Waals surface area contributed by atoms with Gasteiger partial charge >= 0.3 is 5.97 Å². The number of fused-ring (bicyclic) bond motifs is 1. The van der Waals surface area contributed by atoms with Crippen molar-refractivity contribution in [3.05, 3.63) is 57.0 Å². The van der Waals surface area contributed by atoms with E-state index in [1.54, 1.807) is 20.8 Å². The second kappa shape index (κ2) is 9.87. The number of hydrogen-bond donors (Lipinski definition) is 1. The third-order valence-corrected chi connectivity index (χ3v) is 6.00. The largest absolute Gasteiger partial charge is 0.459 e.